The topological polar surface area (TPSA) is 50.3 Å². The van der Waals surface area contributed by atoms with Crippen LogP contribution in [-0.2, 0) is 11.2 Å². The van der Waals surface area contributed by atoms with Crippen LogP contribution in [0.25, 0.3) is 0 Å². The Morgan fingerprint density at radius 1 is 1.14 bits per heavy atom. The number of anilines is 2. The second-order valence-corrected chi connectivity index (χ2v) is 4.98. The van der Waals surface area contributed by atoms with E-state index in [1.807, 2.05) is 6.92 Å². The van der Waals surface area contributed by atoms with E-state index in [1.165, 1.54) is 5.56 Å². The second-order valence-electron chi connectivity index (χ2n) is 4.98. The summed E-state index contributed by atoms with van der Waals surface area (Å²) in [6.07, 6.45) is 4.83. The van der Waals surface area contributed by atoms with Crippen molar-refractivity contribution < 1.29 is 4.74 Å². The molecule has 1 aromatic rings. The van der Waals surface area contributed by atoms with Crippen LogP contribution in [0, 0.1) is 0 Å². The number of hydrogen-bond acceptors (Lipinski definition) is 5. The van der Waals surface area contributed by atoms with E-state index in [9.17, 15) is 0 Å². The molecule has 21 heavy (non-hydrogen) atoms. The number of nitrogens with one attached hydrogen (secondary N) is 1. The monoisotopic (exact) mass is 294 g/mol. The Morgan fingerprint density at radius 3 is 2.57 bits per heavy atom. The molecule has 0 saturated carbocycles. The van der Waals surface area contributed by atoms with Crippen LogP contribution in [0.5, 0.6) is 0 Å². The van der Waals surface area contributed by atoms with Crippen LogP contribution in [0.4, 0.5) is 11.6 Å². The zero-order valence-electron chi connectivity index (χ0n) is 14.0. The van der Waals surface area contributed by atoms with E-state index in [4.69, 9.17) is 4.74 Å². The van der Waals surface area contributed by atoms with E-state index < -0.39 is 0 Å². The summed E-state index contributed by atoms with van der Waals surface area (Å²) in [5, 5.41) is 3.43. The average molecular weight is 294 g/mol. The molecule has 5 nitrogen and oxygen atoms in total. The van der Waals surface area contributed by atoms with Crippen molar-refractivity contribution in [2.24, 2.45) is 0 Å². The van der Waals surface area contributed by atoms with E-state index >= 15 is 0 Å². The lowest BCUT2D eigenvalue weighted by molar-refractivity contribution is 0.154. The first-order chi connectivity index (χ1) is 10.3. The lowest BCUT2D eigenvalue weighted by atomic mass is 10.1. The zero-order chi connectivity index (χ0) is 15.5. The van der Waals surface area contributed by atoms with Gasteiger partial charge >= 0.3 is 0 Å². The summed E-state index contributed by atoms with van der Waals surface area (Å²) in [6, 6.07) is 0. The Balaban J connectivity index is 2.95. The van der Waals surface area contributed by atoms with Crippen LogP contribution in [0.15, 0.2) is 6.33 Å². The Hall–Kier alpha value is -1.36. The highest BCUT2D eigenvalue weighted by Gasteiger charge is 2.15. The van der Waals surface area contributed by atoms with Crippen LogP contribution in [0.3, 0.4) is 0 Å². The fourth-order valence-electron chi connectivity index (χ4n) is 2.28. The van der Waals surface area contributed by atoms with Gasteiger partial charge in [0.2, 0.25) is 0 Å². The Kier molecular flexibility index (Phi) is 8.74. The average Bonchev–Trinajstić information content (AvgIpc) is 2.51. The largest absolute Gasteiger partial charge is 0.380 e. The molecule has 5 heteroatoms. The van der Waals surface area contributed by atoms with Gasteiger partial charge in [-0.3, -0.25) is 0 Å². The molecule has 0 bridgehead atoms. The molecule has 1 N–H and O–H groups in total. The molecule has 0 fully saturated rings. The molecule has 0 aromatic carbocycles. The van der Waals surface area contributed by atoms with Gasteiger partial charge in [-0.15, -0.1) is 0 Å². The Morgan fingerprint density at radius 2 is 1.95 bits per heavy atom. The van der Waals surface area contributed by atoms with Gasteiger partial charge in [-0.1, -0.05) is 20.3 Å². The summed E-state index contributed by atoms with van der Waals surface area (Å²) in [4.78, 5) is 11.2. The van der Waals surface area contributed by atoms with Gasteiger partial charge in [0.15, 0.2) is 0 Å². The quantitative estimate of drug-likeness (QED) is 0.636. The maximum atomic E-state index is 5.48. The summed E-state index contributed by atoms with van der Waals surface area (Å²) in [5.74, 6) is 2.03. The molecule has 0 radical (unpaired) electrons. The first-order valence-electron chi connectivity index (χ1n) is 8.18. The highest BCUT2D eigenvalue weighted by molar-refractivity contribution is 5.58. The van der Waals surface area contributed by atoms with Gasteiger partial charge in [-0.25, -0.2) is 9.97 Å². The van der Waals surface area contributed by atoms with Crippen LogP contribution in [0.1, 0.15) is 46.1 Å². The third-order valence-electron chi connectivity index (χ3n) is 3.36. The normalized spacial score (nSPS) is 10.7. The lowest BCUT2D eigenvalue weighted by Crippen LogP contribution is -2.29. The van der Waals surface area contributed by atoms with E-state index in [0.29, 0.717) is 0 Å². The van der Waals surface area contributed by atoms with Crippen LogP contribution in [0.2, 0.25) is 0 Å². The molecular formula is C16H30N4O. The molecular weight excluding hydrogens is 264 g/mol. The summed E-state index contributed by atoms with van der Waals surface area (Å²) < 4.78 is 5.48. The Bertz CT molecular complexity index is 398. The summed E-state index contributed by atoms with van der Waals surface area (Å²) in [7, 11) is 0. The number of rotatable bonds is 11. The fourth-order valence-corrected chi connectivity index (χ4v) is 2.28. The molecule has 0 unspecified atom stereocenters. The van der Waals surface area contributed by atoms with Crippen LogP contribution >= 0.6 is 0 Å². The lowest BCUT2D eigenvalue weighted by Gasteiger charge is -2.25. The molecule has 0 spiro atoms. The molecule has 0 amide bonds. The Labute approximate surface area is 129 Å². The van der Waals surface area contributed by atoms with E-state index in [2.05, 4.69) is 41.0 Å². The number of likely N-dealkylation sites (N-methyl/N-ethyl adjacent to an activating group) is 1. The predicted molar refractivity (Wildman–Crippen MR) is 89.2 cm³/mol. The molecule has 1 rings (SSSR count). The maximum absolute atomic E-state index is 5.48. The van der Waals surface area contributed by atoms with Crippen LogP contribution in [-0.4, -0.2) is 42.8 Å². The van der Waals surface area contributed by atoms with Crippen molar-refractivity contribution in [3.63, 3.8) is 0 Å². The molecule has 1 heterocycles. The van der Waals surface area contributed by atoms with Gasteiger partial charge in [0.1, 0.15) is 18.0 Å². The highest BCUT2D eigenvalue weighted by atomic mass is 16.5. The van der Waals surface area contributed by atoms with Gasteiger partial charge in [0, 0.05) is 31.8 Å². The first kappa shape index (κ1) is 17.7. The minimum Gasteiger partial charge on any atom is -0.380 e. The zero-order valence-corrected chi connectivity index (χ0v) is 14.0. The van der Waals surface area contributed by atoms with Crippen molar-refractivity contribution in [3.05, 3.63) is 11.9 Å². The van der Waals surface area contributed by atoms with E-state index in [1.54, 1.807) is 6.33 Å². The molecule has 0 saturated heterocycles. The molecule has 0 aliphatic heterocycles. The second kappa shape index (κ2) is 10.4. The standard InChI is InChI=1S/C16H30N4O/c1-5-9-14-15(17-10-6-2)18-13-19-16(14)20(7-3)11-12-21-8-4/h13H,5-12H2,1-4H3,(H,17,18,19). The third-order valence-corrected chi connectivity index (χ3v) is 3.36. The SMILES string of the molecule is CCCNc1ncnc(N(CC)CCOCC)c1CCC. The number of nitrogens with zero attached hydrogens (tertiary/aromatic N) is 3. The predicted octanol–water partition coefficient (Wildman–Crippen LogP) is 3.11. The third kappa shape index (κ3) is 5.50. The summed E-state index contributed by atoms with van der Waals surface area (Å²) >= 11 is 0. The molecule has 120 valence electrons. The smallest absolute Gasteiger partial charge is 0.137 e. The van der Waals surface area contributed by atoms with Gasteiger partial charge in [-0.2, -0.15) is 0 Å². The van der Waals surface area contributed by atoms with Crippen LogP contribution < -0.4 is 10.2 Å². The molecule has 0 aliphatic rings. The van der Waals surface area contributed by atoms with Crippen molar-refractivity contribution in [1.82, 2.24) is 9.97 Å². The van der Waals surface area contributed by atoms with Crippen molar-refractivity contribution >= 4 is 11.6 Å². The number of ether oxygens (including phenoxy) is 1. The van der Waals surface area contributed by atoms with Crippen molar-refractivity contribution in [1.29, 1.82) is 0 Å². The van der Waals surface area contributed by atoms with Gasteiger partial charge < -0.3 is 15.0 Å². The van der Waals surface area contributed by atoms with Gasteiger partial charge in [0.05, 0.1) is 6.61 Å². The van der Waals surface area contributed by atoms with Gasteiger partial charge in [-0.05, 0) is 26.7 Å². The minimum atomic E-state index is 0.734. The molecule has 1 aromatic heterocycles. The first-order valence-corrected chi connectivity index (χ1v) is 8.18. The van der Waals surface area contributed by atoms with E-state index in [0.717, 1.165) is 63.7 Å². The summed E-state index contributed by atoms with van der Waals surface area (Å²) in [6.45, 7) is 12.8. The minimum absolute atomic E-state index is 0.734. The molecule has 0 atom stereocenters. The van der Waals surface area contributed by atoms with Gasteiger partial charge in [0.25, 0.3) is 0 Å². The fraction of sp³-hybridized carbons (Fsp3) is 0.750. The highest BCUT2D eigenvalue weighted by Crippen LogP contribution is 2.24. The van der Waals surface area contributed by atoms with Crippen molar-refractivity contribution in [2.75, 3.05) is 43.1 Å². The van der Waals surface area contributed by atoms with E-state index in [-0.39, 0.29) is 0 Å². The maximum Gasteiger partial charge on any atom is 0.137 e. The summed E-state index contributed by atoms with van der Waals surface area (Å²) in [5.41, 5.74) is 1.23. The van der Waals surface area contributed by atoms with Crippen molar-refractivity contribution in [3.8, 4) is 0 Å². The molecule has 0 aliphatic carbocycles. The van der Waals surface area contributed by atoms with Crippen molar-refractivity contribution in [2.45, 2.75) is 47.0 Å². The number of aromatic nitrogens is 2. The number of hydrogen-bond donors (Lipinski definition) is 1.